The maximum Gasteiger partial charge on any atom is 0.319 e. The van der Waals surface area contributed by atoms with Crippen LogP contribution in [-0.2, 0) is 20.4 Å². The van der Waals surface area contributed by atoms with Crippen LogP contribution in [0, 0.1) is 6.92 Å². The Morgan fingerprint density at radius 1 is 1.33 bits per heavy atom. The van der Waals surface area contributed by atoms with Crippen molar-refractivity contribution >= 4 is 5.97 Å². The van der Waals surface area contributed by atoms with Gasteiger partial charge in [-0.2, -0.15) is 0 Å². The molecule has 0 unspecified atom stereocenters. The summed E-state index contributed by atoms with van der Waals surface area (Å²) in [6.45, 7) is 8.26. The topological polar surface area (TPSA) is 52.1 Å². The second kappa shape index (κ2) is 4.04. The highest BCUT2D eigenvalue weighted by atomic mass is 16.5. The summed E-state index contributed by atoms with van der Waals surface area (Å²) in [5.41, 5.74) is 1.25. The molecule has 98 valence electrons. The van der Waals surface area contributed by atoms with Crippen molar-refractivity contribution in [3.05, 3.63) is 23.3 Å². The molecule has 2 rings (SSSR count). The summed E-state index contributed by atoms with van der Waals surface area (Å²) >= 11 is 0. The second-order valence-corrected chi connectivity index (χ2v) is 6.04. The van der Waals surface area contributed by atoms with Crippen LogP contribution < -0.4 is 0 Å². The van der Waals surface area contributed by atoms with Gasteiger partial charge in [0, 0.05) is 16.8 Å². The van der Waals surface area contributed by atoms with Gasteiger partial charge in [0.05, 0.1) is 7.11 Å². The minimum absolute atomic E-state index is 0.0470. The molecule has 4 heteroatoms. The molecule has 1 aliphatic rings. The summed E-state index contributed by atoms with van der Waals surface area (Å²) in [5, 5.41) is 0. The van der Waals surface area contributed by atoms with E-state index in [2.05, 4.69) is 30.7 Å². The zero-order valence-electron chi connectivity index (χ0n) is 11.7. The highest BCUT2D eigenvalue weighted by molar-refractivity contribution is 5.85. The van der Waals surface area contributed by atoms with Crippen molar-refractivity contribution < 1.29 is 9.53 Å². The van der Waals surface area contributed by atoms with Crippen molar-refractivity contribution in [3.8, 4) is 0 Å². The monoisotopic (exact) mass is 248 g/mol. The maximum atomic E-state index is 11.9. The third kappa shape index (κ3) is 2.11. The molecule has 0 bridgehead atoms. The average Bonchev–Trinajstić information content (AvgIpc) is 3.07. The molecule has 0 aliphatic heterocycles. The number of methoxy groups -OCH3 is 1. The summed E-state index contributed by atoms with van der Waals surface area (Å²) in [7, 11) is 1.42. The van der Waals surface area contributed by atoms with E-state index in [0.29, 0.717) is 5.82 Å². The van der Waals surface area contributed by atoms with E-state index in [9.17, 15) is 4.79 Å². The van der Waals surface area contributed by atoms with E-state index in [1.807, 2.05) is 13.0 Å². The molecular weight excluding hydrogens is 228 g/mol. The van der Waals surface area contributed by atoms with Crippen molar-refractivity contribution in [1.82, 2.24) is 9.97 Å². The summed E-state index contributed by atoms with van der Waals surface area (Å²) < 4.78 is 4.88. The van der Waals surface area contributed by atoms with Gasteiger partial charge in [-0.1, -0.05) is 20.8 Å². The van der Waals surface area contributed by atoms with Gasteiger partial charge < -0.3 is 4.74 Å². The predicted octanol–water partition coefficient (Wildman–Crippen LogP) is 2.29. The minimum Gasteiger partial charge on any atom is -0.468 e. The van der Waals surface area contributed by atoms with Crippen molar-refractivity contribution in [2.45, 2.75) is 51.4 Å². The van der Waals surface area contributed by atoms with Crippen LogP contribution in [0.2, 0.25) is 0 Å². The highest BCUT2D eigenvalue weighted by Gasteiger charge is 2.55. The first-order valence-corrected chi connectivity index (χ1v) is 6.25. The van der Waals surface area contributed by atoms with E-state index in [0.717, 1.165) is 24.2 Å². The van der Waals surface area contributed by atoms with Crippen molar-refractivity contribution in [2.24, 2.45) is 0 Å². The SMILES string of the molecule is COC(=O)C1(c2nc(C)cc(C(C)(C)C)n2)CC1. The number of hydrogen-bond acceptors (Lipinski definition) is 4. The van der Waals surface area contributed by atoms with Crippen LogP contribution in [0.5, 0.6) is 0 Å². The van der Waals surface area contributed by atoms with Gasteiger partial charge in [0.1, 0.15) is 11.2 Å². The van der Waals surface area contributed by atoms with Crippen LogP contribution in [0.15, 0.2) is 6.07 Å². The van der Waals surface area contributed by atoms with Gasteiger partial charge in [-0.25, -0.2) is 9.97 Å². The van der Waals surface area contributed by atoms with Gasteiger partial charge in [-0.15, -0.1) is 0 Å². The lowest BCUT2D eigenvalue weighted by molar-refractivity contribution is -0.143. The molecular formula is C14H20N2O2. The molecule has 1 fully saturated rings. The number of carbonyl (C=O) groups is 1. The Balaban J connectivity index is 2.47. The Morgan fingerprint density at radius 3 is 2.39 bits per heavy atom. The fourth-order valence-electron chi connectivity index (χ4n) is 2.01. The lowest BCUT2D eigenvalue weighted by atomic mass is 9.91. The molecule has 0 amide bonds. The Bertz CT molecular complexity index is 485. The third-order valence-corrected chi connectivity index (χ3v) is 3.38. The summed E-state index contributed by atoms with van der Waals surface area (Å²) in [6.07, 6.45) is 1.57. The number of nitrogens with zero attached hydrogens (tertiary/aromatic N) is 2. The van der Waals surface area contributed by atoms with Crippen LogP contribution in [0.4, 0.5) is 0 Å². The van der Waals surface area contributed by atoms with Gasteiger partial charge in [-0.05, 0) is 25.8 Å². The molecule has 0 radical (unpaired) electrons. The quantitative estimate of drug-likeness (QED) is 0.753. The average molecular weight is 248 g/mol. The summed E-state index contributed by atoms with van der Waals surface area (Å²) in [5.74, 6) is 0.409. The van der Waals surface area contributed by atoms with E-state index in [4.69, 9.17) is 4.74 Å². The molecule has 18 heavy (non-hydrogen) atoms. The molecule has 0 spiro atoms. The smallest absolute Gasteiger partial charge is 0.319 e. The number of hydrogen-bond donors (Lipinski definition) is 0. The first kappa shape index (κ1) is 13.0. The van der Waals surface area contributed by atoms with E-state index in [1.165, 1.54) is 7.11 Å². The number of rotatable bonds is 2. The van der Waals surface area contributed by atoms with Crippen LogP contribution in [0.25, 0.3) is 0 Å². The maximum absolute atomic E-state index is 11.9. The number of ether oxygens (including phenoxy) is 1. The number of aryl methyl sites for hydroxylation is 1. The molecule has 1 heterocycles. The highest BCUT2D eigenvalue weighted by Crippen LogP contribution is 2.47. The lowest BCUT2D eigenvalue weighted by Gasteiger charge is -2.20. The van der Waals surface area contributed by atoms with E-state index < -0.39 is 5.41 Å². The molecule has 1 aromatic rings. The number of aromatic nitrogens is 2. The molecule has 0 N–H and O–H groups in total. The van der Waals surface area contributed by atoms with Gasteiger partial charge in [0.2, 0.25) is 0 Å². The van der Waals surface area contributed by atoms with Crippen LogP contribution >= 0.6 is 0 Å². The van der Waals surface area contributed by atoms with Gasteiger partial charge >= 0.3 is 5.97 Å². The fourth-order valence-corrected chi connectivity index (χ4v) is 2.01. The van der Waals surface area contributed by atoms with E-state index in [-0.39, 0.29) is 11.4 Å². The zero-order chi connectivity index (χ0) is 13.6. The molecule has 0 aromatic carbocycles. The molecule has 0 atom stereocenters. The second-order valence-electron chi connectivity index (χ2n) is 6.04. The van der Waals surface area contributed by atoms with Gasteiger partial charge in [-0.3, -0.25) is 4.79 Å². The number of carbonyl (C=O) groups excluding carboxylic acids is 1. The molecule has 1 aromatic heterocycles. The molecule has 1 aliphatic carbocycles. The van der Waals surface area contributed by atoms with Crippen molar-refractivity contribution in [1.29, 1.82) is 0 Å². The Morgan fingerprint density at radius 2 is 1.94 bits per heavy atom. The molecule has 0 saturated heterocycles. The minimum atomic E-state index is -0.583. The van der Waals surface area contributed by atoms with Gasteiger partial charge in [0.25, 0.3) is 0 Å². The summed E-state index contributed by atoms with van der Waals surface area (Å²) in [6, 6.07) is 1.98. The van der Waals surface area contributed by atoms with Crippen LogP contribution in [0.1, 0.15) is 50.8 Å². The first-order chi connectivity index (χ1) is 8.29. The zero-order valence-corrected chi connectivity index (χ0v) is 11.7. The predicted molar refractivity (Wildman–Crippen MR) is 68.4 cm³/mol. The van der Waals surface area contributed by atoms with Crippen LogP contribution in [0.3, 0.4) is 0 Å². The largest absolute Gasteiger partial charge is 0.468 e. The van der Waals surface area contributed by atoms with E-state index in [1.54, 1.807) is 0 Å². The third-order valence-electron chi connectivity index (χ3n) is 3.38. The summed E-state index contributed by atoms with van der Waals surface area (Å²) in [4.78, 5) is 20.9. The van der Waals surface area contributed by atoms with Crippen LogP contribution in [-0.4, -0.2) is 23.0 Å². The first-order valence-electron chi connectivity index (χ1n) is 6.25. The molecule has 1 saturated carbocycles. The fraction of sp³-hybridized carbons (Fsp3) is 0.643. The van der Waals surface area contributed by atoms with Crippen molar-refractivity contribution in [3.63, 3.8) is 0 Å². The van der Waals surface area contributed by atoms with E-state index >= 15 is 0 Å². The Hall–Kier alpha value is -1.45. The number of esters is 1. The lowest BCUT2D eigenvalue weighted by Crippen LogP contribution is -2.27. The standard InChI is InChI=1S/C14H20N2O2/c1-9-8-10(13(2,3)4)16-11(15-9)14(6-7-14)12(17)18-5/h8H,6-7H2,1-5H3. The van der Waals surface area contributed by atoms with Gasteiger partial charge in [0.15, 0.2) is 0 Å². The van der Waals surface area contributed by atoms with Crippen molar-refractivity contribution in [2.75, 3.05) is 7.11 Å². The normalized spacial score (nSPS) is 17.4. The Labute approximate surface area is 108 Å². The molecule has 4 nitrogen and oxygen atoms in total. The Kier molecular flexibility index (Phi) is 2.92.